The highest BCUT2D eigenvalue weighted by atomic mass is 16.1. The molecule has 0 radical (unpaired) electrons. The fourth-order valence-corrected chi connectivity index (χ4v) is 5.58. The summed E-state index contributed by atoms with van der Waals surface area (Å²) in [4.78, 5) is 39.4. The van der Waals surface area contributed by atoms with E-state index >= 15 is 0 Å². The van der Waals surface area contributed by atoms with Crippen molar-refractivity contribution in [1.29, 1.82) is 0 Å². The number of allylic oxidation sites excluding steroid dienone is 3. The highest BCUT2D eigenvalue weighted by Gasteiger charge is 2.23. The minimum absolute atomic E-state index is 0.182. The summed E-state index contributed by atoms with van der Waals surface area (Å²) >= 11 is 0. The van der Waals surface area contributed by atoms with Gasteiger partial charge in [-0.2, -0.15) is 10.1 Å². The van der Waals surface area contributed by atoms with E-state index < -0.39 is 0 Å². The van der Waals surface area contributed by atoms with Crippen LogP contribution < -0.4 is 15.8 Å². The van der Waals surface area contributed by atoms with Crippen molar-refractivity contribution in [3.8, 4) is 0 Å². The molecule has 5 rings (SSSR count). The lowest BCUT2D eigenvalue weighted by atomic mass is 10.2. The summed E-state index contributed by atoms with van der Waals surface area (Å²) in [5.74, 6) is 0.690. The van der Waals surface area contributed by atoms with Crippen LogP contribution in [0.2, 0.25) is 0 Å². The maximum Gasteiger partial charge on any atom is 0.278 e. The quantitative estimate of drug-likeness (QED) is 0.0961. The Morgan fingerprint density at radius 3 is 2.55 bits per heavy atom. The number of nitrogens with zero attached hydrogens (tertiary/aromatic N) is 9. The molecule has 1 fully saturated rings. The standard InChI is InChI=1S/C32H42N10O2/c1-8-10-29(36-40(21-43)23(5)6)42-30-26(31(44)41(42)13-9-2)19-33-32(35-30)34-24-11-12-25-27(18-24)37(7)20-28(25)39-16-14-38(15-17-39)22(3)4/h8-12,18-23H,2,13-17H2,1,3-7H3,(H,33,34,35)/b10-8-,36-29+. The van der Waals surface area contributed by atoms with E-state index in [0.717, 1.165) is 37.4 Å². The highest BCUT2D eigenvalue weighted by Crippen LogP contribution is 2.32. The van der Waals surface area contributed by atoms with Gasteiger partial charge in [0.2, 0.25) is 12.4 Å². The van der Waals surface area contributed by atoms with Crippen LogP contribution in [-0.2, 0) is 18.4 Å². The molecule has 1 aliphatic heterocycles. The first kappa shape index (κ1) is 30.7. The van der Waals surface area contributed by atoms with Crippen molar-refractivity contribution in [3.63, 3.8) is 0 Å². The topological polar surface area (TPSA) is 109 Å². The third kappa shape index (κ3) is 5.89. The molecular formula is C32H42N10O2. The molecule has 232 valence electrons. The van der Waals surface area contributed by atoms with Gasteiger partial charge >= 0.3 is 0 Å². The highest BCUT2D eigenvalue weighted by molar-refractivity contribution is 6.00. The van der Waals surface area contributed by atoms with Crippen LogP contribution in [0.1, 0.15) is 34.6 Å². The number of hydrogen-bond acceptors (Lipinski definition) is 8. The summed E-state index contributed by atoms with van der Waals surface area (Å²) in [6.45, 7) is 18.2. The summed E-state index contributed by atoms with van der Waals surface area (Å²) in [7, 11) is 2.06. The molecule has 4 heterocycles. The van der Waals surface area contributed by atoms with Crippen LogP contribution >= 0.6 is 0 Å². The second kappa shape index (κ2) is 12.9. The van der Waals surface area contributed by atoms with Gasteiger partial charge in [-0.3, -0.25) is 14.5 Å². The van der Waals surface area contributed by atoms with Gasteiger partial charge in [0.05, 0.1) is 17.7 Å². The van der Waals surface area contributed by atoms with Crippen molar-refractivity contribution < 1.29 is 4.79 Å². The predicted molar refractivity (Wildman–Crippen MR) is 178 cm³/mol. The minimum atomic E-state index is -0.280. The number of nitrogens with one attached hydrogen (secondary N) is 1. The van der Waals surface area contributed by atoms with Crippen molar-refractivity contribution >= 4 is 51.5 Å². The van der Waals surface area contributed by atoms with Crippen molar-refractivity contribution in [2.24, 2.45) is 12.1 Å². The number of fused-ring (bicyclic) bond motifs is 2. The molecule has 0 aliphatic carbocycles. The normalized spacial score (nSPS) is 14.9. The number of carbonyl (C=O) groups excluding carboxylic acids is 1. The van der Waals surface area contributed by atoms with Crippen LogP contribution in [-0.4, -0.2) is 84.3 Å². The molecule has 0 spiro atoms. The molecule has 1 aliphatic rings. The Labute approximate surface area is 257 Å². The lowest BCUT2D eigenvalue weighted by Crippen LogP contribution is -2.48. The van der Waals surface area contributed by atoms with Gasteiger partial charge in [0.25, 0.3) is 5.56 Å². The maximum atomic E-state index is 13.4. The first-order valence-electron chi connectivity index (χ1n) is 15.1. The van der Waals surface area contributed by atoms with Gasteiger partial charge in [-0.15, -0.1) is 6.58 Å². The fourth-order valence-electron chi connectivity index (χ4n) is 5.58. The van der Waals surface area contributed by atoms with Gasteiger partial charge in [0, 0.05) is 68.8 Å². The number of aromatic nitrogens is 5. The number of piperazine rings is 1. The lowest BCUT2D eigenvalue weighted by Gasteiger charge is -2.37. The van der Waals surface area contributed by atoms with Crippen LogP contribution in [0.25, 0.3) is 21.9 Å². The molecule has 12 nitrogen and oxygen atoms in total. The molecule has 44 heavy (non-hydrogen) atoms. The number of benzene rings is 1. The van der Waals surface area contributed by atoms with Crippen LogP contribution in [0.15, 0.2) is 65.3 Å². The molecule has 1 aromatic carbocycles. The zero-order chi connectivity index (χ0) is 31.5. The monoisotopic (exact) mass is 598 g/mol. The van der Waals surface area contributed by atoms with Gasteiger partial charge < -0.3 is 14.8 Å². The summed E-state index contributed by atoms with van der Waals surface area (Å²) in [5, 5.41) is 10.7. The Morgan fingerprint density at radius 1 is 1.16 bits per heavy atom. The Bertz CT molecular complexity index is 1780. The number of aryl methyl sites for hydroxylation is 1. The second-order valence-corrected chi connectivity index (χ2v) is 11.6. The fraction of sp³-hybridized carbons (Fsp3) is 0.406. The summed E-state index contributed by atoms with van der Waals surface area (Å²) in [6, 6.07) is 6.62. The number of amides is 1. The van der Waals surface area contributed by atoms with Gasteiger partial charge in [-0.1, -0.05) is 12.2 Å². The first-order chi connectivity index (χ1) is 21.2. The molecule has 0 atom stereocenters. The summed E-state index contributed by atoms with van der Waals surface area (Å²) in [5.41, 5.74) is 3.24. The Balaban J connectivity index is 1.52. The van der Waals surface area contributed by atoms with Gasteiger partial charge in [-0.25, -0.2) is 19.4 Å². The number of rotatable bonds is 10. The Hall–Kier alpha value is -4.71. The molecule has 4 aromatic rings. The molecule has 1 amide bonds. The molecule has 1 saturated heterocycles. The van der Waals surface area contributed by atoms with Gasteiger partial charge in [0.15, 0.2) is 11.5 Å². The third-order valence-electron chi connectivity index (χ3n) is 7.98. The Kier molecular flexibility index (Phi) is 9.00. The van der Waals surface area contributed by atoms with Crippen LogP contribution in [0.5, 0.6) is 0 Å². The first-order valence-corrected chi connectivity index (χ1v) is 15.1. The average Bonchev–Trinajstić information content (AvgIpc) is 3.48. The third-order valence-corrected chi connectivity index (χ3v) is 7.98. The van der Waals surface area contributed by atoms with Crippen LogP contribution in [0, 0.1) is 0 Å². The van der Waals surface area contributed by atoms with E-state index in [4.69, 9.17) is 4.98 Å². The zero-order valence-corrected chi connectivity index (χ0v) is 26.4. The number of hydrazone groups is 1. The van der Waals surface area contributed by atoms with Crippen LogP contribution in [0.4, 0.5) is 17.3 Å². The van der Waals surface area contributed by atoms with E-state index in [2.05, 4.69) is 75.6 Å². The summed E-state index contributed by atoms with van der Waals surface area (Å²) in [6.07, 6.45) is 9.54. The van der Waals surface area contributed by atoms with E-state index in [1.807, 2.05) is 26.8 Å². The van der Waals surface area contributed by atoms with Gasteiger partial charge in [-0.05, 0) is 58.9 Å². The molecule has 0 bridgehead atoms. The van der Waals surface area contributed by atoms with Crippen molar-refractivity contribution in [1.82, 2.24) is 33.8 Å². The molecule has 3 aromatic heterocycles. The largest absolute Gasteiger partial charge is 0.367 e. The van der Waals surface area contributed by atoms with Crippen molar-refractivity contribution in [2.75, 3.05) is 36.4 Å². The average molecular weight is 599 g/mol. The smallest absolute Gasteiger partial charge is 0.278 e. The number of carbonyl (C=O) groups is 1. The molecular weight excluding hydrogens is 556 g/mol. The van der Waals surface area contributed by atoms with E-state index in [9.17, 15) is 9.59 Å². The Morgan fingerprint density at radius 2 is 1.91 bits per heavy atom. The maximum absolute atomic E-state index is 13.4. The van der Waals surface area contributed by atoms with E-state index in [1.165, 1.54) is 27.0 Å². The second-order valence-electron chi connectivity index (χ2n) is 11.6. The van der Waals surface area contributed by atoms with Crippen molar-refractivity contribution in [3.05, 3.63) is 65.8 Å². The summed E-state index contributed by atoms with van der Waals surface area (Å²) < 4.78 is 5.24. The van der Waals surface area contributed by atoms with Gasteiger partial charge in [0.1, 0.15) is 5.39 Å². The molecule has 1 N–H and O–H groups in total. The van der Waals surface area contributed by atoms with E-state index in [0.29, 0.717) is 35.3 Å². The van der Waals surface area contributed by atoms with E-state index in [1.54, 1.807) is 22.9 Å². The molecule has 12 heteroatoms. The minimum Gasteiger partial charge on any atom is -0.367 e. The predicted octanol–water partition coefficient (Wildman–Crippen LogP) is 4.15. The molecule has 0 unspecified atom stereocenters. The molecule has 0 saturated carbocycles. The lowest BCUT2D eigenvalue weighted by molar-refractivity contribution is -0.119. The number of hydrogen-bond donors (Lipinski definition) is 1. The SMILES string of the molecule is C=CCn1c(=O)c2cnc(Nc3ccc4c(N5CCN(C(C)C)CC5)cn(C)c4c3)nc2n1C(/C=C\C)=N/N(C=O)C(C)C. The van der Waals surface area contributed by atoms with Crippen LogP contribution in [0.3, 0.4) is 0 Å². The zero-order valence-electron chi connectivity index (χ0n) is 26.4. The van der Waals surface area contributed by atoms with E-state index in [-0.39, 0.29) is 18.1 Å². The number of anilines is 3. The van der Waals surface area contributed by atoms with Crippen molar-refractivity contribution in [2.45, 2.75) is 53.2 Å².